The van der Waals surface area contributed by atoms with Gasteiger partial charge in [-0.2, -0.15) is 5.26 Å². The van der Waals surface area contributed by atoms with Gasteiger partial charge in [0.05, 0.1) is 24.6 Å². The van der Waals surface area contributed by atoms with Gasteiger partial charge in [0.15, 0.2) is 0 Å². The Morgan fingerprint density at radius 2 is 2.18 bits per heavy atom. The second-order valence-electron chi connectivity index (χ2n) is 9.36. The van der Waals surface area contributed by atoms with Crippen LogP contribution in [0, 0.1) is 11.3 Å². The van der Waals surface area contributed by atoms with E-state index in [1.54, 1.807) is 9.80 Å². The molecule has 9 heteroatoms. The number of hydrogen-bond acceptors (Lipinski definition) is 5. The smallest absolute Gasteiger partial charge is 0.246 e. The molecule has 2 saturated heterocycles. The van der Waals surface area contributed by atoms with Gasteiger partial charge in [-0.05, 0) is 24.5 Å². The number of para-hydroxylation sites is 1. The number of nitriles is 1. The summed E-state index contributed by atoms with van der Waals surface area (Å²) in [6, 6.07) is 8.40. The second-order valence-corrected chi connectivity index (χ2v) is 9.36. The number of aromatic amines is 1. The van der Waals surface area contributed by atoms with E-state index < -0.39 is 12.1 Å². The number of fused-ring (bicyclic) bond motifs is 5. The van der Waals surface area contributed by atoms with Crippen LogP contribution < -0.4 is 5.32 Å². The maximum Gasteiger partial charge on any atom is 0.246 e. The van der Waals surface area contributed by atoms with Gasteiger partial charge < -0.3 is 24.8 Å². The van der Waals surface area contributed by atoms with Gasteiger partial charge in [0.25, 0.3) is 0 Å². The first-order valence-electron chi connectivity index (χ1n) is 11.9. The summed E-state index contributed by atoms with van der Waals surface area (Å²) in [5.41, 5.74) is 2.95. The predicted molar refractivity (Wildman–Crippen MR) is 123 cm³/mol. The third-order valence-corrected chi connectivity index (χ3v) is 7.18. The fourth-order valence-corrected chi connectivity index (χ4v) is 5.71. The molecule has 2 aromatic rings. The largest absolute Gasteiger partial charge is 0.376 e. The summed E-state index contributed by atoms with van der Waals surface area (Å²) < 4.78 is 5.76. The highest BCUT2D eigenvalue weighted by molar-refractivity contribution is 5.96. The topological polar surface area (TPSA) is 119 Å². The van der Waals surface area contributed by atoms with Gasteiger partial charge in [-0.25, -0.2) is 0 Å². The molecule has 9 nitrogen and oxygen atoms in total. The average molecular weight is 464 g/mol. The number of ether oxygens (including phenoxy) is 1. The normalized spacial score (nSPS) is 25.6. The summed E-state index contributed by atoms with van der Waals surface area (Å²) in [5, 5.41) is 13.0. The Bertz CT molecular complexity index is 1160. The molecule has 0 bridgehead atoms. The molecule has 4 heterocycles. The summed E-state index contributed by atoms with van der Waals surface area (Å²) >= 11 is 0. The first-order chi connectivity index (χ1) is 16.5. The Morgan fingerprint density at radius 3 is 2.91 bits per heavy atom. The lowest BCUT2D eigenvalue weighted by Gasteiger charge is -2.39. The molecule has 4 atom stereocenters. The molecule has 1 aromatic heterocycles. The third kappa shape index (κ3) is 3.92. The van der Waals surface area contributed by atoms with E-state index in [9.17, 15) is 19.6 Å². The first-order valence-corrected chi connectivity index (χ1v) is 11.9. The predicted octanol–water partition coefficient (Wildman–Crippen LogP) is 1.79. The summed E-state index contributed by atoms with van der Waals surface area (Å²) in [4.78, 5) is 46.0. The fourth-order valence-electron chi connectivity index (χ4n) is 5.71. The minimum atomic E-state index is -0.692. The minimum Gasteiger partial charge on any atom is -0.376 e. The van der Waals surface area contributed by atoms with E-state index in [0.717, 1.165) is 35.0 Å². The van der Waals surface area contributed by atoms with Crippen molar-refractivity contribution in [3.05, 3.63) is 35.5 Å². The molecule has 1 unspecified atom stereocenters. The molecule has 34 heavy (non-hydrogen) atoms. The number of nitrogens with zero attached hydrogens (tertiary/aromatic N) is 3. The lowest BCUT2D eigenvalue weighted by atomic mass is 9.91. The van der Waals surface area contributed by atoms with Crippen LogP contribution >= 0.6 is 0 Å². The number of amides is 3. The molecule has 1 aromatic carbocycles. The number of carbonyl (C=O) groups is 3. The van der Waals surface area contributed by atoms with Crippen molar-refractivity contribution < 1.29 is 19.1 Å². The Morgan fingerprint density at radius 1 is 1.35 bits per heavy atom. The van der Waals surface area contributed by atoms with Gasteiger partial charge in [0.2, 0.25) is 17.7 Å². The molecular weight excluding hydrogens is 434 g/mol. The molecule has 3 amide bonds. The molecular formula is C25H29N5O4. The highest BCUT2D eigenvalue weighted by Gasteiger charge is 2.51. The van der Waals surface area contributed by atoms with E-state index in [0.29, 0.717) is 32.5 Å². The van der Waals surface area contributed by atoms with Crippen LogP contribution in [-0.2, 0) is 25.5 Å². The molecule has 0 aliphatic carbocycles. The summed E-state index contributed by atoms with van der Waals surface area (Å²) in [6.45, 7) is 2.79. The molecule has 2 fully saturated rings. The van der Waals surface area contributed by atoms with Crippen molar-refractivity contribution in [1.29, 1.82) is 5.26 Å². The quantitative estimate of drug-likeness (QED) is 0.677. The van der Waals surface area contributed by atoms with Crippen molar-refractivity contribution >= 4 is 28.6 Å². The van der Waals surface area contributed by atoms with Crippen molar-refractivity contribution in [3.8, 4) is 6.07 Å². The van der Waals surface area contributed by atoms with Gasteiger partial charge in [0, 0.05) is 56.1 Å². The Hall–Kier alpha value is -3.38. The lowest BCUT2D eigenvalue weighted by molar-refractivity contribution is -0.147. The molecule has 3 aliphatic heterocycles. The number of aromatic nitrogens is 1. The maximum absolute atomic E-state index is 13.9. The number of hydrogen-bond donors (Lipinski definition) is 2. The standard InChI is InChI=1S/C25H29N5O4/c1-15(31)27-20-13-21-23-18(17-7-2-3-8-19(17)28-23)12-22(30(21)24(20)32)25(33)29(10-5-9-26)14-16-6-4-11-34-16/h2-3,7-8,16,20-22,28H,4-6,10-14H2,1H3,(H,27,31)/t16?,20-,21+,22-/m0/s1. The van der Waals surface area contributed by atoms with Gasteiger partial charge >= 0.3 is 0 Å². The van der Waals surface area contributed by atoms with Crippen molar-refractivity contribution in [3.63, 3.8) is 0 Å². The molecule has 178 valence electrons. The number of carbonyl (C=O) groups excluding carboxylic acids is 3. The van der Waals surface area contributed by atoms with Crippen LogP contribution in [0.2, 0.25) is 0 Å². The van der Waals surface area contributed by atoms with Gasteiger partial charge in [0.1, 0.15) is 12.1 Å². The van der Waals surface area contributed by atoms with Crippen LogP contribution in [0.25, 0.3) is 10.9 Å². The highest BCUT2D eigenvalue weighted by Crippen LogP contribution is 2.44. The van der Waals surface area contributed by atoms with E-state index >= 15 is 0 Å². The molecule has 0 radical (unpaired) electrons. The van der Waals surface area contributed by atoms with Crippen LogP contribution in [0.4, 0.5) is 0 Å². The van der Waals surface area contributed by atoms with Crippen LogP contribution in [0.3, 0.4) is 0 Å². The van der Waals surface area contributed by atoms with E-state index in [1.807, 2.05) is 24.3 Å². The van der Waals surface area contributed by atoms with E-state index in [1.165, 1.54) is 6.92 Å². The molecule has 0 saturated carbocycles. The van der Waals surface area contributed by atoms with Crippen LogP contribution in [0.15, 0.2) is 24.3 Å². The molecule has 2 N–H and O–H groups in total. The Balaban J connectivity index is 1.52. The van der Waals surface area contributed by atoms with Crippen molar-refractivity contribution in [2.24, 2.45) is 0 Å². The number of rotatable bonds is 6. The minimum absolute atomic E-state index is 0.0490. The summed E-state index contributed by atoms with van der Waals surface area (Å²) in [7, 11) is 0. The van der Waals surface area contributed by atoms with Crippen LogP contribution in [-0.4, -0.2) is 70.4 Å². The van der Waals surface area contributed by atoms with Gasteiger partial charge in [-0.3, -0.25) is 14.4 Å². The molecule has 5 rings (SSSR count). The van der Waals surface area contributed by atoms with Crippen LogP contribution in [0.5, 0.6) is 0 Å². The zero-order valence-electron chi connectivity index (χ0n) is 19.3. The van der Waals surface area contributed by atoms with E-state index in [4.69, 9.17) is 4.74 Å². The molecule has 3 aliphatic rings. The van der Waals surface area contributed by atoms with E-state index in [-0.39, 0.29) is 36.3 Å². The Labute approximate surface area is 198 Å². The third-order valence-electron chi connectivity index (χ3n) is 7.18. The maximum atomic E-state index is 13.9. The second kappa shape index (κ2) is 9.11. The summed E-state index contributed by atoms with van der Waals surface area (Å²) in [5.74, 6) is -0.671. The highest BCUT2D eigenvalue weighted by atomic mass is 16.5. The monoisotopic (exact) mass is 463 g/mol. The average Bonchev–Trinajstić information content (AvgIpc) is 3.54. The van der Waals surface area contributed by atoms with Crippen LogP contribution in [0.1, 0.15) is 49.9 Å². The number of H-pyrrole nitrogens is 1. The SMILES string of the molecule is CC(=O)N[C@H]1C[C@@H]2c3[nH]c4ccccc4c3C[C@@H](C(=O)N(CCC#N)CC3CCCO3)N2C1=O. The van der Waals surface area contributed by atoms with Crippen molar-refractivity contribution in [2.75, 3.05) is 19.7 Å². The zero-order chi connectivity index (χ0) is 23.8. The van der Waals surface area contributed by atoms with Crippen molar-refractivity contribution in [2.45, 2.75) is 63.3 Å². The Kier molecular flexibility index (Phi) is 6.00. The molecule has 0 spiro atoms. The number of benzene rings is 1. The zero-order valence-corrected chi connectivity index (χ0v) is 19.3. The summed E-state index contributed by atoms with van der Waals surface area (Å²) in [6.07, 6.45) is 2.80. The number of nitrogens with one attached hydrogen (secondary N) is 2. The first kappa shape index (κ1) is 22.4. The lowest BCUT2D eigenvalue weighted by Crippen LogP contribution is -2.55. The van der Waals surface area contributed by atoms with Crippen molar-refractivity contribution in [1.82, 2.24) is 20.1 Å². The fraction of sp³-hybridized carbons (Fsp3) is 0.520. The van der Waals surface area contributed by atoms with Gasteiger partial charge in [-0.15, -0.1) is 0 Å². The van der Waals surface area contributed by atoms with E-state index in [2.05, 4.69) is 16.4 Å². The van der Waals surface area contributed by atoms with Gasteiger partial charge in [-0.1, -0.05) is 18.2 Å².